The van der Waals surface area contributed by atoms with Crippen LogP contribution in [0.25, 0.3) is 0 Å². The Kier molecular flexibility index (Phi) is 3.96. The van der Waals surface area contributed by atoms with Crippen molar-refractivity contribution in [1.82, 2.24) is 10.4 Å². The quantitative estimate of drug-likeness (QED) is 0.656. The summed E-state index contributed by atoms with van der Waals surface area (Å²) in [7, 11) is 1.66. The highest BCUT2D eigenvalue weighted by Crippen LogP contribution is 2.33. The summed E-state index contributed by atoms with van der Waals surface area (Å²) in [4.78, 5) is 5.57. The summed E-state index contributed by atoms with van der Waals surface area (Å²) in [6.07, 6.45) is 0. The molecule has 0 spiro atoms. The molecule has 1 unspecified atom stereocenters. The lowest BCUT2D eigenvalue weighted by Gasteiger charge is -2.18. The van der Waals surface area contributed by atoms with Gasteiger partial charge in [-0.2, -0.15) is 0 Å². The lowest BCUT2D eigenvalue weighted by atomic mass is 10.0. The largest absolute Gasteiger partial charge is 0.496 e. The van der Waals surface area contributed by atoms with Crippen molar-refractivity contribution in [3.05, 3.63) is 45.4 Å². The summed E-state index contributed by atoms with van der Waals surface area (Å²) < 4.78 is 5.38. The topological polar surface area (TPSA) is 60.2 Å². The van der Waals surface area contributed by atoms with Gasteiger partial charge >= 0.3 is 0 Å². The summed E-state index contributed by atoms with van der Waals surface area (Å²) in [6, 6.07) is 7.78. The average Bonchev–Trinajstić information content (AvgIpc) is 2.70. The molecule has 0 fully saturated rings. The van der Waals surface area contributed by atoms with Gasteiger partial charge in [-0.15, -0.1) is 11.3 Å². The third-order valence-electron chi connectivity index (χ3n) is 2.82. The zero-order valence-corrected chi connectivity index (χ0v) is 11.5. The highest BCUT2D eigenvalue weighted by Gasteiger charge is 2.21. The van der Waals surface area contributed by atoms with Crippen LogP contribution in [0, 0.1) is 13.8 Å². The van der Waals surface area contributed by atoms with Crippen molar-refractivity contribution in [1.29, 1.82) is 0 Å². The molecule has 5 heteroatoms. The smallest absolute Gasteiger partial charge is 0.124 e. The molecule has 3 N–H and O–H groups in total. The monoisotopic (exact) mass is 263 g/mol. The summed E-state index contributed by atoms with van der Waals surface area (Å²) >= 11 is 1.65. The van der Waals surface area contributed by atoms with Crippen LogP contribution in [0.2, 0.25) is 0 Å². The van der Waals surface area contributed by atoms with E-state index in [-0.39, 0.29) is 6.04 Å². The fourth-order valence-electron chi connectivity index (χ4n) is 2.03. The number of ether oxygens (including phenoxy) is 1. The normalized spacial score (nSPS) is 12.4. The number of hydrogen-bond acceptors (Lipinski definition) is 5. The molecule has 18 heavy (non-hydrogen) atoms. The highest BCUT2D eigenvalue weighted by molar-refractivity contribution is 7.11. The van der Waals surface area contributed by atoms with Crippen LogP contribution in [-0.4, -0.2) is 12.1 Å². The van der Waals surface area contributed by atoms with Crippen molar-refractivity contribution in [2.45, 2.75) is 19.9 Å². The second-order valence-electron chi connectivity index (χ2n) is 4.02. The maximum absolute atomic E-state index is 5.71. The molecular weight excluding hydrogens is 246 g/mol. The summed E-state index contributed by atoms with van der Waals surface area (Å²) in [5.41, 5.74) is 4.88. The van der Waals surface area contributed by atoms with E-state index in [9.17, 15) is 0 Å². The van der Waals surface area contributed by atoms with Gasteiger partial charge in [-0.3, -0.25) is 5.84 Å². The fourth-order valence-corrected chi connectivity index (χ4v) is 3.03. The molecule has 96 valence electrons. The van der Waals surface area contributed by atoms with Gasteiger partial charge in [-0.05, 0) is 19.9 Å². The van der Waals surface area contributed by atoms with Gasteiger partial charge in [0, 0.05) is 5.56 Å². The van der Waals surface area contributed by atoms with Gasteiger partial charge in [0.2, 0.25) is 0 Å². The van der Waals surface area contributed by atoms with E-state index in [1.165, 1.54) is 0 Å². The van der Waals surface area contributed by atoms with Crippen molar-refractivity contribution in [3.63, 3.8) is 0 Å². The average molecular weight is 263 g/mol. The second kappa shape index (κ2) is 5.48. The van der Waals surface area contributed by atoms with Crippen molar-refractivity contribution in [2.75, 3.05) is 7.11 Å². The first-order chi connectivity index (χ1) is 8.67. The number of rotatable bonds is 4. The van der Waals surface area contributed by atoms with E-state index >= 15 is 0 Å². The van der Waals surface area contributed by atoms with Crippen LogP contribution >= 0.6 is 11.3 Å². The Bertz CT molecular complexity index is 539. The Morgan fingerprint density at radius 2 is 2.06 bits per heavy atom. The molecule has 1 aromatic carbocycles. The number of para-hydroxylation sites is 1. The zero-order valence-electron chi connectivity index (χ0n) is 10.7. The van der Waals surface area contributed by atoms with Crippen LogP contribution < -0.4 is 16.0 Å². The van der Waals surface area contributed by atoms with Gasteiger partial charge in [-0.1, -0.05) is 18.2 Å². The first-order valence-corrected chi connectivity index (χ1v) is 6.52. The standard InChI is InChI=1S/C13H17N3OS/c1-8-13(18-9(2)15-8)12(16-14)10-6-4-5-7-11(10)17-3/h4-7,12,16H,14H2,1-3H3. The van der Waals surface area contributed by atoms with Crippen LogP contribution in [0.1, 0.15) is 27.2 Å². The predicted octanol–water partition coefficient (Wildman–Crippen LogP) is 2.32. The Balaban J connectivity index is 2.48. The molecular formula is C13H17N3OS. The van der Waals surface area contributed by atoms with E-state index in [0.29, 0.717) is 0 Å². The van der Waals surface area contributed by atoms with Crippen molar-refractivity contribution < 1.29 is 4.74 Å². The van der Waals surface area contributed by atoms with Crippen LogP contribution in [0.15, 0.2) is 24.3 Å². The first kappa shape index (κ1) is 13.0. The third kappa shape index (κ3) is 2.38. The van der Waals surface area contributed by atoms with Gasteiger partial charge in [0.1, 0.15) is 5.75 Å². The molecule has 4 nitrogen and oxygen atoms in total. The molecule has 0 radical (unpaired) electrons. The maximum Gasteiger partial charge on any atom is 0.124 e. The number of nitrogens with two attached hydrogens (primary N) is 1. The molecule has 1 aromatic heterocycles. The Morgan fingerprint density at radius 1 is 1.33 bits per heavy atom. The van der Waals surface area contributed by atoms with E-state index in [4.69, 9.17) is 10.6 Å². The molecule has 1 atom stereocenters. The van der Waals surface area contributed by atoms with Gasteiger partial charge in [-0.25, -0.2) is 10.4 Å². The number of hydrazine groups is 1. The molecule has 1 heterocycles. The Labute approximate surface area is 111 Å². The number of aromatic nitrogens is 1. The first-order valence-electron chi connectivity index (χ1n) is 5.70. The minimum Gasteiger partial charge on any atom is -0.496 e. The zero-order chi connectivity index (χ0) is 13.1. The Hall–Kier alpha value is -1.43. The van der Waals surface area contributed by atoms with Crippen molar-refractivity contribution in [2.24, 2.45) is 5.84 Å². The van der Waals surface area contributed by atoms with Crippen molar-refractivity contribution >= 4 is 11.3 Å². The molecule has 2 aromatic rings. The van der Waals surface area contributed by atoms with Crippen LogP contribution in [0.3, 0.4) is 0 Å². The number of benzene rings is 1. The number of nitrogens with zero attached hydrogens (tertiary/aromatic N) is 1. The van der Waals surface area contributed by atoms with Crippen molar-refractivity contribution in [3.8, 4) is 5.75 Å². The van der Waals surface area contributed by atoms with E-state index in [1.807, 2.05) is 38.1 Å². The number of aryl methyl sites for hydroxylation is 2. The molecule has 0 bridgehead atoms. The molecule has 0 saturated carbocycles. The van der Waals surface area contributed by atoms with E-state index in [1.54, 1.807) is 18.4 Å². The molecule has 2 rings (SSSR count). The third-order valence-corrected chi connectivity index (χ3v) is 3.96. The molecule has 0 amide bonds. The van der Waals surface area contributed by atoms with Crippen LogP contribution in [-0.2, 0) is 0 Å². The molecule has 0 aliphatic carbocycles. The summed E-state index contributed by atoms with van der Waals surface area (Å²) in [5.74, 6) is 6.54. The van der Waals surface area contributed by atoms with Gasteiger partial charge < -0.3 is 4.74 Å². The van der Waals surface area contributed by atoms with E-state index in [0.717, 1.165) is 26.9 Å². The highest BCUT2D eigenvalue weighted by atomic mass is 32.1. The fraction of sp³-hybridized carbons (Fsp3) is 0.308. The minimum absolute atomic E-state index is 0.0904. The number of hydrogen-bond donors (Lipinski definition) is 2. The van der Waals surface area contributed by atoms with Gasteiger partial charge in [0.15, 0.2) is 0 Å². The minimum atomic E-state index is -0.0904. The second-order valence-corrected chi connectivity index (χ2v) is 5.26. The lowest BCUT2D eigenvalue weighted by molar-refractivity contribution is 0.404. The predicted molar refractivity (Wildman–Crippen MR) is 73.7 cm³/mol. The summed E-state index contributed by atoms with van der Waals surface area (Å²) in [5, 5.41) is 1.04. The Morgan fingerprint density at radius 3 is 2.61 bits per heavy atom. The molecule has 0 aliphatic rings. The number of nitrogens with one attached hydrogen (secondary N) is 1. The number of thiazole rings is 1. The summed E-state index contributed by atoms with van der Waals surface area (Å²) in [6.45, 7) is 4.00. The SMILES string of the molecule is COc1ccccc1C(NN)c1sc(C)nc1C. The van der Waals surface area contributed by atoms with Gasteiger partial charge in [0.05, 0.1) is 28.7 Å². The van der Waals surface area contributed by atoms with Crippen LogP contribution in [0.5, 0.6) is 5.75 Å². The lowest BCUT2D eigenvalue weighted by Crippen LogP contribution is -2.29. The van der Waals surface area contributed by atoms with E-state index in [2.05, 4.69) is 10.4 Å². The van der Waals surface area contributed by atoms with Gasteiger partial charge in [0.25, 0.3) is 0 Å². The van der Waals surface area contributed by atoms with Crippen LogP contribution in [0.4, 0.5) is 0 Å². The molecule has 0 saturated heterocycles. The van der Waals surface area contributed by atoms with E-state index < -0.39 is 0 Å². The maximum atomic E-state index is 5.71. The molecule has 0 aliphatic heterocycles. The number of methoxy groups -OCH3 is 1.